The van der Waals surface area contributed by atoms with Gasteiger partial charge in [0.1, 0.15) is 10.6 Å². The molecule has 0 bridgehead atoms. The van der Waals surface area contributed by atoms with Crippen molar-refractivity contribution in [3.05, 3.63) is 38.9 Å². The Morgan fingerprint density at radius 2 is 1.81 bits per heavy atom. The molecule has 2 fully saturated rings. The molecule has 1 heterocycles. The monoisotopic (exact) mass is 380 g/mol. The molecule has 1 amide bonds. The third-order valence-electron chi connectivity index (χ3n) is 6.01. The predicted octanol–water partition coefficient (Wildman–Crippen LogP) is 2.75. The van der Waals surface area contributed by atoms with Crippen LogP contribution in [0.4, 0.5) is 5.69 Å². The number of carbonyl (C=O) groups excluding carboxylic acids is 1. The number of nitrogens with one attached hydrogen (secondary N) is 2. The number of likely N-dealkylation sites (tertiary alicyclic amines) is 1. The Labute approximate surface area is 159 Å². The Hall–Kier alpha value is -1.66. The van der Waals surface area contributed by atoms with Crippen LogP contribution in [0, 0.1) is 10.1 Å². The first-order valence-corrected chi connectivity index (χ1v) is 9.97. The fourth-order valence-electron chi connectivity index (χ4n) is 4.54. The van der Waals surface area contributed by atoms with Crippen LogP contribution in [0.5, 0.6) is 0 Å². The van der Waals surface area contributed by atoms with Gasteiger partial charge in [-0.15, -0.1) is 0 Å². The van der Waals surface area contributed by atoms with E-state index in [4.69, 9.17) is 11.6 Å². The number of carbonyl (C=O) groups is 1. The second-order valence-electron chi connectivity index (χ2n) is 7.61. The Bertz CT molecular complexity index is 668. The van der Waals surface area contributed by atoms with E-state index in [-0.39, 0.29) is 22.2 Å². The first-order valence-electron chi connectivity index (χ1n) is 9.59. The van der Waals surface area contributed by atoms with Gasteiger partial charge >= 0.3 is 0 Å². The van der Waals surface area contributed by atoms with Gasteiger partial charge in [0, 0.05) is 24.5 Å². The van der Waals surface area contributed by atoms with Crippen LogP contribution in [0.15, 0.2) is 18.2 Å². The molecule has 0 aromatic heterocycles. The second-order valence-corrected chi connectivity index (χ2v) is 8.02. The van der Waals surface area contributed by atoms with Gasteiger partial charge in [0.25, 0.3) is 11.6 Å². The number of rotatable bonds is 5. The van der Waals surface area contributed by atoms with Crippen molar-refractivity contribution in [2.24, 2.45) is 0 Å². The molecular formula is C19H27ClN3O3+. The van der Waals surface area contributed by atoms with Gasteiger partial charge in [0.05, 0.1) is 24.6 Å². The average molecular weight is 381 g/mol. The number of hydrogen-bond acceptors (Lipinski definition) is 3. The lowest BCUT2D eigenvalue weighted by molar-refractivity contribution is -0.957. The van der Waals surface area contributed by atoms with Crippen molar-refractivity contribution in [3.63, 3.8) is 0 Å². The molecular weight excluding hydrogens is 354 g/mol. The number of benzene rings is 1. The standard InChI is InChI=1S/C19H26ClN3O3/c20-16-8-7-15(13-17(16)23(25)26)18(24)21-14-19(9-3-1-4-10-19)22-11-5-2-6-12-22/h7-8,13H,1-6,9-12,14H2,(H,21,24)/p+1. The minimum atomic E-state index is -0.556. The Morgan fingerprint density at radius 3 is 2.46 bits per heavy atom. The minimum absolute atomic E-state index is 0.0491. The van der Waals surface area contributed by atoms with Crippen molar-refractivity contribution < 1.29 is 14.6 Å². The highest BCUT2D eigenvalue weighted by Crippen LogP contribution is 2.27. The molecule has 0 atom stereocenters. The fraction of sp³-hybridized carbons (Fsp3) is 0.632. The van der Waals surface area contributed by atoms with Crippen LogP contribution in [0.3, 0.4) is 0 Å². The largest absolute Gasteiger partial charge is 0.346 e. The van der Waals surface area contributed by atoms with Crippen LogP contribution in [-0.4, -0.2) is 36.0 Å². The smallest absolute Gasteiger partial charge is 0.288 e. The lowest BCUT2D eigenvalue weighted by atomic mass is 9.79. The lowest BCUT2D eigenvalue weighted by Crippen LogP contribution is -3.22. The van der Waals surface area contributed by atoms with E-state index in [1.807, 2.05) is 0 Å². The van der Waals surface area contributed by atoms with Crippen molar-refractivity contribution in [3.8, 4) is 0 Å². The summed E-state index contributed by atoms with van der Waals surface area (Å²) in [7, 11) is 0. The highest BCUT2D eigenvalue weighted by atomic mass is 35.5. The minimum Gasteiger partial charge on any atom is -0.346 e. The Morgan fingerprint density at radius 1 is 1.15 bits per heavy atom. The van der Waals surface area contributed by atoms with E-state index in [0.29, 0.717) is 12.1 Å². The maximum atomic E-state index is 12.6. The van der Waals surface area contributed by atoms with E-state index in [0.717, 1.165) is 12.8 Å². The van der Waals surface area contributed by atoms with E-state index in [2.05, 4.69) is 5.32 Å². The van der Waals surface area contributed by atoms with Gasteiger partial charge in [0.15, 0.2) is 0 Å². The molecule has 0 unspecified atom stereocenters. The highest BCUT2D eigenvalue weighted by molar-refractivity contribution is 6.32. The fourth-order valence-corrected chi connectivity index (χ4v) is 4.72. The number of nitro benzene ring substituents is 1. The molecule has 1 aliphatic carbocycles. The summed E-state index contributed by atoms with van der Waals surface area (Å²) in [5, 5.41) is 14.2. The third-order valence-corrected chi connectivity index (χ3v) is 6.33. The number of hydrogen-bond donors (Lipinski definition) is 2. The molecule has 0 radical (unpaired) electrons. The van der Waals surface area contributed by atoms with E-state index in [1.54, 1.807) is 11.0 Å². The topological polar surface area (TPSA) is 76.7 Å². The normalized spacial score (nSPS) is 20.5. The zero-order valence-electron chi connectivity index (χ0n) is 15.1. The van der Waals surface area contributed by atoms with Gasteiger partial charge in [-0.3, -0.25) is 14.9 Å². The number of halogens is 1. The number of piperidine rings is 1. The van der Waals surface area contributed by atoms with E-state index >= 15 is 0 Å². The number of nitro groups is 1. The highest BCUT2D eigenvalue weighted by Gasteiger charge is 2.42. The average Bonchev–Trinajstić information content (AvgIpc) is 2.67. The van der Waals surface area contributed by atoms with Gasteiger partial charge in [-0.2, -0.15) is 0 Å². The maximum absolute atomic E-state index is 12.6. The number of amides is 1. The molecule has 1 aliphatic heterocycles. The third kappa shape index (κ3) is 4.18. The zero-order valence-corrected chi connectivity index (χ0v) is 15.8. The van der Waals surface area contributed by atoms with Crippen molar-refractivity contribution in [2.75, 3.05) is 19.6 Å². The van der Waals surface area contributed by atoms with Crippen molar-refractivity contribution in [1.82, 2.24) is 5.32 Å². The zero-order chi connectivity index (χ0) is 18.6. The summed E-state index contributed by atoms with van der Waals surface area (Å²) in [6.07, 6.45) is 9.81. The molecule has 7 heteroatoms. The summed E-state index contributed by atoms with van der Waals surface area (Å²) < 4.78 is 0. The molecule has 1 aromatic carbocycles. The van der Waals surface area contributed by atoms with Crippen LogP contribution in [0.25, 0.3) is 0 Å². The summed E-state index contributed by atoms with van der Waals surface area (Å²) in [5.74, 6) is -0.258. The first-order chi connectivity index (χ1) is 12.5. The van der Waals surface area contributed by atoms with E-state index in [9.17, 15) is 14.9 Å². The van der Waals surface area contributed by atoms with Crippen LogP contribution >= 0.6 is 11.6 Å². The van der Waals surface area contributed by atoms with Crippen molar-refractivity contribution in [2.45, 2.75) is 56.9 Å². The molecule has 6 nitrogen and oxygen atoms in total. The SMILES string of the molecule is O=C(NCC1([NH+]2CCCCC2)CCCCC1)c1ccc(Cl)c([N+](=O)[O-])c1. The molecule has 1 saturated carbocycles. The van der Waals surface area contributed by atoms with Crippen molar-refractivity contribution in [1.29, 1.82) is 0 Å². The summed E-state index contributed by atoms with van der Waals surface area (Å²) in [5.41, 5.74) is 0.182. The first kappa shape index (κ1) is 19.1. The van der Waals surface area contributed by atoms with Crippen LogP contribution in [0.1, 0.15) is 61.7 Å². The van der Waals surface area contributed by atoms with E-state index < -0.39 is 4.92 Å². The molecule has 1 aromatic rings. The Balaban J connectivity index is 1.71. The predicted molar refractivity (Wildman–Crippen MR) is 101 cm³/mol. The lowest BCUT2D eigenvalue weighted by Gasteiger charge is -2.45. The van der Waals surface area contributed by atoms with Gasteiger partial charge < -0.3 is 10.2 Å². The van der Waals surface area contributed by atoms with Crippen LogP contribution in [-0.2, 0) is 0 Å². The molecule has 1 saturated heterocycles. The summed E-state index contributed by atoms with van der Waals surface area (Å²) in [4.78, 5) is 24.7. The van der Waals surface area contributed by atoms with Crippen molar-refractivity contribution >= 4 is 23.2 Å². The maximum Gasteiger partial charge on any atom is 0.288 e. The van der Waals surface area contributed by atoms with Crippen LogP contribution < -0.4 is 10.2 Å². The summed E-state index contributed by atoms with van der Waals surface area (Å²) in [6.45, 7) is 3.00. The molecule has 142 valence electrons. The molecule has 0 spiro atoms. The quantitative estimate of drug-likeness (QED) is 0.609. The van der Waals surface area contributed by atoms with Gasteiger partial charge in [-0.1, -0.05) is 18.0 Å². The number of quaternary nitrogens is 1. The number of nitrogens with zero attached hydrogens (tertiary/aromatic N) is 1. The summed E-state index contributed by atoms with van der Waals surface area (Å²) >= 11 is 5.84. The molecule has 3 rings (SSSR count). The van der Waals surface area contributed by atoms with Gasteiger partial charge in [-0.05, 0) is 44.2 Å². The van der Waals surface area contributed by atoms with Gasteiger partial charge in [-0.25, -0.2) is 0 Å². The molecule has 26 heavy (non-hydrogen) atoms. The van der Waals surface area contributed by atoms with E-state index in [1.165, 1.54) is 63.7 Å². The van der Waals surface area contributed by atoms with Crippen LogP contribution in [0.2, 0.25) is 5.02 Å². The Kier molecular flexibility index (Phi) is 6.14. The summed E-state index contributed by atoms with van der Waals surface area (Å²) in [6, 6.07) is 4.23. The molecule has 2 aliphatic rings. The second kappa shape index (κ2) is 8.35. The van der Waals surface area contributed by atoms with Gasteiger partial charge in [0.2, 0.25) is 0 Å². The molecule has 2 N–H and O–H groups in total.